The Hall–Kier alpha value is -0.0900. The molecule has 0 rings (SSSR count). The topological polar surface area (TPSA) is 37.4 Å². The molecule has 0 aliphatic rings. The summed E-state index contributed by atoms with van der Waals surface area (Å²) >= 11 is 0. The molecule has 0 spiro atoms. The van der Waals surface area contributed by atoms with Crippen LogP contribution in [0.3, 0.4) is 0 Å². The van der Waals surface area contributed by atoms with Crippen LogP contribution in [0.4, 0.5) is 0 Å². The molecule has 0 saturated heterocycles. The van der Waals surface area contributed by atoms with E-state index in [4.69, 9.17) is 0 Å². The third-order valence-corrected chi connectivity index (χ3v) is 5.35. The monoisotopic (exact) mass is 249 g/mol. The van der Waals surface area contributed by atoms with Crippen LogP contribution in [0.1, 0.15) is 54.9 Å². The molecular weight excluding hydrogens is 222 g/mol. The summed E-state index contributed by atoms with van der Waals surface area (Å²) in [5, 5.41) is 0. The number of hydrogen-bond donors (Lipinski definition) is 0. The van der Waals surface area contributed by atoms with Crippen molar-refractivity contribution in [3.8, 4) is 0 Å². The highest BCUT2D eigenvalue weighted by Crippen LogP contribution is 2.27. The molecule has 0 fully saturated rings. The van der Waals surface area contributed by atoms with E-state index in [0.717, 1.165) is 6.42 Å². The zero-order chi connectivity index (χ0) is 13.4. The van der Waals surface area contributed by atoms with Crippen molar-refractivity contribution in [2.45, 2.75) is 65.7 Å². The van der Waals surface area contributed by atoms with Crippen molar-refractivity contribution in [3.05, 3.63) is 0 Å². The highest BCUT2D eigenvalue weighted by atomic mass is 32.2. The fraction of sp³-hybridized carbons (Fsp3) is 1.00. The van der Waals surface area contributed by atoms with Crippen LogP contribution in [0.2, 0.25) is 0 Å². The average molecular weight is 249 g/mol. The lowest BCUT2D eigenvalue weighted by Crippen LogP contribution is -2.45. The lowest BCUT2D eigenvalue weighted by Gasteiger charge is -2.34. The van der Waals surface area contributed by atoms with Crippen LogP contribution in [0, 0.1) is 5.41 Å². The lowest BCUT2D eigenvalue weighted by molar-refractivity contribution is 0.264. The van der Waals surface area contributed by atoms with E-state index in [1.54, 1.807) is 27.8 Å². The molecule has 4 heteroatoms. The van der Waals surface area contributed by atoms with Gasteiger partial charge in [0.2, 0.25) is 10.0 Å². The Kier molecular flexibility index (Phi) is 4.62. The Morgan fingerprint density at radius 3 is 1.69 bits per heavy atom. The molecule has 98 valence electrons. The van der Waals surface area contributed by atoms with Gasteiger partial charge in [0.1, 0.15) is 0 Å². The maximum Gasteiger partial charge on any atom is 0.219 e. The summed E-state index contributed by atoms with van der Waals surface area (Å²) in [6, 6.07) is 0.0317. The fourth-order valence-corrected chi connectivity index (χ4v) is 3.10. The second-order valence-electron chi connectivity index (χ2n) is 6.75. The van der Waals surface area contributed by atoms with Crippen LogP contribution in [0.5, 0.6) is 0 Å². The maximum absolute atomic E-state index is 12.2. The van der Waals surface area contributed by atoms with Gasteiger partial charge in [-0.05, 0) is 39.5 Å². The Balaban J connectivity index is 4.89. The van der Waals surface area contributed by atoms with Gasteiger partial charge in [-0.3, -0.25) is 0 Å². The number of hydrogen-bond acceptors (Lipinski definition) is 2. The molecule has 0 N–H and O–H groups in total. The third kappa shape index (κ3) is 4.06. The molecule has 0 aromatic rings. The molecule has 0 heterocycles. The summed E-state index contributed by atoms with van der Waals surface area (Å²) < 4.78 is 25.2. The highest BCUT2D eigenvalue weighted by molar-refractivity contribution is 7.90. The van der Waals surface area contributed by atoms with Gasteiger partial charge in [0.25, 0.3) is 0 Å². The summed E-state index contributed by atoms with van der Waals surface area (Å²) in [5.74, 6) is 0. The second-order valence-corrected chi connectivity index (χ2v) is 9.50. The molecular formula is C12H27NO2S. The Bertz CT molecular complexity index is 320. The van der Waals surface area contributed by atoms with Gasteiger partial charge in [0, 0.05) is 13.1 Å². The predicted molar refractivity (Wildman–Crippen MR) is 70.0 cm³/mol. The normalized spacial score (nSPS) is 16.6. The molecule has 0 unspecified atom stereocenters. The number of nitrogens with zero attached hydrogens (tertiary/aromatic N) is 1. The quantitative estimate of drug-likeness (QED) is 0.771. The van der Waals surface area contributed by atoms with Gasteiger partial charge in [-0.25, -0.2) is 12.7 Å². The SMILES string of the molecule is C[C@H](CC(C)(C)C)N(C)S(=O)(=O)C(C)(C)C. The average Bonchev–Trinajstić information content (AvgIpc) is 1.97. The first-order chi connectivity index (χ1) is 6.79. The number of rotatable bonds is 3. The van der Waals surface area contributed by atoms with Crippen LogP contribution in [-0.4, -0.2) is 30.6 Å². The van der Waals surface area contributed by atoms with Crippen molar-refractivity contribution >= 4 is 10.0 Å². The van der Waals surface area contributed by atoms with Gasteiger partial charge in [-0.1, -0.05) is 20.8 Å². The van der Waals surface area contributed by atoms with E-state index in [1.807, 2.05) is 6.92 Å². The first-order valence-corrected chi connectivity index (χ1v) is 7.20. The minimum atomic E-state index is -3.21. The fourth-order valence-electron chi connectivity index (χ4n) is 1.68. The van der Waals surface area contributed by atoms with Crippen LogP contribution in [0.15, 0.2) is 0 Å². The molecule has 3 nitrogen and oxygen atoms in total. The third-order valence-electron chi connectivity index (χ3n) is 2.68. The molecule has 0 bridgehead atoms. The molecule has 0 radical (unpaired) electrons. The van der Waals surface area contributed by atoms with E-state index in [1.165, 1.54) is 4.31 Å². The van der Waals surface area contributed by atoms with E-state index in [9.17, 15) is 8.42 Å². The molecule has 0 aromatic carbocycles. The maximum atomic E-state index is 12.2. The summed E-state index contributed by atoms with van der Waals surface area (Å²) in [5.41, 5.74) is 0.140. The zero-order valence-electron chi connectivity index (χ0n) is 12.0. The minimum Gasteiger partial charge on any atom is -0.212 e. The van der Waals surface area contributed by atoms with Crippen LogP contribution in [-0.2, 0) is 10.0 Å². The molecule has 1 atom stereocenters. The number of sulfonamides is 1. The van der Waals surface area contributed by atoms with Gasteiger partial charge < -0.3 is 0 Å². The molecule has 0 aliphatic heterocycles. The largest absolute Gasteiger partial charge is 0.219 e. The van der Waals surface area contributed by atoms with E-state index < -0.39 is 14.8 Å². The van der Waals surface area contributed by atoms with E-state index in [0.29, 0.717) is 0 Å². The first-order valence-electron chi connectivity index (χ1n) is 5.76. The van der Waals surface area contributed by atoms with Crippen molar-refractivity contribution in [1.29, 1.82) is 0 Å². The summed E-state index contributed by atoms with van der Waals surface area (Å²) in [6.07, 6.45) is 0.860. The highest BCUT2D eigenvalue weighted by Gasteiger charge is 2.36. The van der Waals surface area contributed by atoms with Crippen LogP contribution >= 0.6 is 0 Å². The van der Waals surface area contributed by atoms with Gasteiger partial charge in [0.05, 0.1) is 4.75 Å². The lowest BCUT2D eigenvalue weighted by atomic mass is 9.89. The van der Waals surface area contributed by atoms with Gasteiger partial charge in [0.15, 0.2) is 0 Å². The van der Waals surface area contributed by atoms with Crippen LogP contribution < -0.4 is 0 Å². The van der Waals surface area contributed by atoms with E-state index in [-0.39, 0.29) is 11.5 Å². The molecule has 0 amide bonds. The van der Waals surface area contributed by atoms with Crippen LogP contribution in [0.25, 0.3) is 0 Å². The van der Waals surface area contributed by atoms with Crippen molar-refractivity contribution in [1.82, 2.24) is 4.31 Å². The first kappa shape index (κ1) is 15.9. The molecule has 0 aromatic heterocycles. The van der Waals surface area contributed by atoms with Gasteiger partial charge in [-0.2, -0.15) is 0 Å². The molecule has 16 heavy (non-hydrogen) atoms. The van der Waals surface area contributed by atoms with Crippen molar-refractivity contribution in [2.75, 3.05) is 7.05 Å². The smallest absolute Gasteiger partial charge is 0.212 e. The Morgan fingerprint density at radius 2 is 1.44 bits per heavy atom. The summed E-state index contributed by atoms with van der Waals surface area (Å²) in [6.45, 7) is 13.6. The Morgan fingerprint density at radius 1 is 1.06 bits per heavy atom. The zero-order valence-corrected chi connectivity index (χ0v) is 12.8. The van der Waals surface area contributed by atoms with Crippen molar-refractivity contribution in [2.24, 2.45) is 5.41 Å². The molecule has 0 saturated carbocycles. The van der Waals surface area contributed by atoms with E-state index >= 15 is 0 Å². The summed E-state index contributed by atoms with van der Waals surface area (Å²) in [4.78, 5) is 0. The van der Waals surface area contributed by atoms with Gasteiger partial charge in [-0.15, -0.1) is 0 Å². The van der Waals surface area contributed by atoms with E-state index in [2.05, 4.69) is 20.8 Å². The molecule has 0 aliphatic carbocycles. The second kappa shape index (κ2) is 4.65. The summed E-state index contributed by atoms with van der Waals surface area (Å²) in [7, 11) is -1.54. The Labute approximate surface area is 101 Å². The van der Waals surface area contributed by atoms with Gasteiger partial charge >= 0.3 is 0 Å². The predicted octanol–water partition coefficient (Wildman–Crippen LogP) is 2.87. The van der Waals surface area contributed by atoms with Crippen molar-refractivity contribution < 1.29 is 8.42 Å². The standard InChI is InChI=1S/C12H27NO2S/c1-10(9-11(2,3)4)13(8)16(14,15)12(5,6)7/h10H,9H2,1-8H3/t10-/m1/s1. The minimum absolute atomic E-state index is 0.0317. The van der Waals surface area contributed by atoms with Crippen molar-refractivity contribution in [3.63, 3.8) is 0 Å².